The summed E-state index contributed by atoms with van der Waals surface area (Å²) in [4.78, 5) is 6.17. The Morgan fingerprint density at radius 2 is 2.00 bits per heavy atom. The third kappa shape index (κ3) is 3.22. The number of pyridine rings is 1. The largest absolute Gasteiger partial charge is 0.481 e. The topological polar surface area (TPSA) is 25.4 Å². The molecule has 0 saturated heterocycles. The summed E-state index contributed by atoms with van der Waals surface area (Å²) >= 11 is 5.80. The van der Waals surface area contributed by atoms with Gasteiger partial charge in [-0.2, -0.15) is 13.2 Å². The van der Waals surface area contributed by atoms with E-state index in [1.165, 1.54) is 12.1 Å². The van der Waals surface area contributed by atoms with Gasteiger partial charge in [0.1, 0.15) is 0 Å². The Morgan fingerprint density at radius 3 is 2.65 bits per heavy atom. The fourth-order valence-electron chi connectivity index (χ4n) is 2.68. The lowest BCUT2D eigenvalue weighted by Crippen LogP contribution is -2.30. The van der Waals surface area contributed by atoms with Gasteiger partial charge in [-0.05, 0) is 35.7 Å². The summed E-state index contributed by atoms with van der Waals surface area (Å²) < 4.78 is 43.5. The third-order valence-corrected chi connectivity index (χ3v) is 4.22. The molecule has 0 spiro atoms. The Balaban J connectivity index is 1.87. The van der Waals surface area contributed by atoms with Crippen molar-refractivity contribution in [3.63, 3.8) is 0 Å². The number of rotatable bonds is 2. The van der Waals surface area contributed by atoms with E-state index >= 15 is 0 Å². The molecule has 0 saturated carbocycles. The molecule has 2 heterocycles. The number of hydrogen-bond donors (Lipinski definition) is 0. The van der Waals surface area contributed by atoms with Gasteiger partial charge in [0.05, 0.1) is 17.7 Å². The Labute approximate surface area is 136 Å². The summed E-state index contributed by atoms with van der Waals surface area (Å²) in [6.45, 7) is 1.28. The SMILES string of the molecule is COc1cc2c(cn1)CCN(c1ccc(C(F)(F)F)c(Cl)c1)C2. The molecule has 2 aromatic rings. The number of halogens is 4. The average Bonchev–Trinajstić information content (AvgIpc) is 2.52. The fourth-order valence-corrected chi connectivity index (χ4v) is 2.96. The maximum Gasteiger partial charge on any atom is 0.417 e. The Kier molecular flexibility index (Phi) is 4.10. The van der Waals surface area contributed by atoms with Gasteiger partial charge in [0.15, 0.2) is 0 Å². The number of aromatic nitrogens is 1. The van der Waals surface area contributed by atoms with Crippen molar-refractivity contribution in [2.45, 2.75) is 19.1 Å². The molecule has 3 nitrogen and oxygen atoms in total. The van der Waals surface area contributed by atoms with Crippen LogP contribution in [0.2, 0.25) is 5.02 Å². The van der Waals surface area contributed by atoms with E-state index in [4.69, 9.17) is 16.3 Å². The summed E-state index contributed by atoms with van der Waals surface area (Å²) in [6, 6.07) is 5.71. The van der Waals surface area contributed by atoms with Crippen molar-refractivity contribution in [1.29, 1.82) is 0 Å². The number of alkyl halides is 3. The van der Waals surface area contributed by atoms with Crippen LogP contribution in [-0.2, 0) is 19.1 Å². The van der Waals surface area contributed by atoms with Crippen LogP contribution in [0.4, 0.5) is 18.9 Å². The normalized spacial score (nSPS) is 14.6. The van der Waals surface area contributed by atoms with Gasteiger partial charge in [-0.1, -0.05) is 11.6 Å². The minimum Gasteiger partial charge on any atom is -0.481 e. The molecule has 0 N–H and O–H groups in total. The van der Waals surface area contributed by atoms with E-state index in [0.29, 0.717) is 24.7 Å². The molecule has 1 aromatic carbocycles. The molecular formula is C16H14ClF3N2O. The minimum absolute atomic E-state index is 0.284. The second-order valence-electron chi connectivity index (χ2n) is 5.33. The highest BCUT2D eigenvalue weighted by atomic mass is 35.5. The molecular weight excluding hydrogens is 329 g/mol. The predicted molar refractivity (Wildman–Crippen MR) is 82.0 cm³/mol. The summed E-state index contributed by atoms with van der Waals surface area (Å²) in [7, 11) is 1.55. The fraction of sp³-hybridized carbons (Fsp3) is 0.312. The zero-order valence-corrected chi connectivity index (χ0v) is 13.1. The monoisotopic (exact) mass is 342 g/mol. The predicted octanol–water partition coefficient (Wildman–Crippen LogP) is 4.33. The maximum atomic E-state index is 12.8. The van der Waals surface area contributed by atoms with Crippen molar-refractivity contribution in [2.75, 3.05) is 18.6 Å². The van der Waals surface area contributed by atoms with E-state index in [1.54, 1.807) is 13.3 Å². The number of benzene rings is 1. The van der Waals surface area contributed by atoms with Gasteiger partial charge >= 0.3 is 6.18 Å². The summed E-state index contributed by atoms with van der Waals surface area (Å²) in [5.74, 6) is 0.524. The molecule has 0 fully saturated rings. The highest BCUT2D eigenvalue weighted by molar-refractivity contribution is 6.31. The van der Waals surface area contributed by atoms with E-state index in [2.05, 4.69) is 4.98 Å². The summed E-state index contributed by atoms with van der Waals surface area (Å²) in [5, 5.41) is -0.284. The highest BCUT2D eigenvalue weighted by Crippen LogP contribution is 2.37. The van der Waals surface area contributed by atoms with Crippen molar-refractivity contribution < 1.29 is 17.9 Å². The highest BCUT2D eigenvalue weighted by Gasteiger charge is 2.33. The van der Waals surface area contributed by atoms with Crippen LogP contribution in [0.25, 0.3) is 0 Å². The van der Waals surface area contributed by atoms with Crippen LogP contribution < -0.4 is 9.64 Å². The van der Waals surface area contributed by atoms with E-state index in [-0.39, 0.29) is 5.02 Å². The van der Waals surface area contributed by atoms with E-state index in [1.807, 2.05) is 11.0 Å². The lowest BCUT2D eigenvalue weighted by molar-refractivity contribution is -0.137. The van der Waals surface area contributed by atoms with E-state index in [0.717, 1.165) is 23.6 Å². The third-order valence-electron chi connectivity index (χ3n) is 3.90. The molecule has 1 aromatic heterocycles. The molecule has 23 heavy (non-hydrogen) atoms. The molecule has 1 aliphatic heterocycles. The molecule has 0 atom stereocenters. The van der Waals surface area contributed by atoms with Crippen LogP contribution in [0, 0.1) is 0 Å². The van der Waals surface area contributed by atoms with Crippen molar-refractivity contribution in [1.82, 2.24) is 4.98 Å². The van der Waals surface area contributed by atoms with Gasteiger partial charge in [-0.25, -0.2) is 4.98 Å². The minimum atomic E-state index is -4.44. The van der Waals surface area contributed by atoms with Crippen molar-refractivity contribution >= 4 is 17.3 Å². The maximum absolute atomic E-state index is 12.8. The molecule has 7 heteroatoms. The van der Waals surface area contributed by atoms with Crippen LogP contribution in [0.5, 0.6) is 5.88 Å². The Morgan fingerprint density at radius 1 is 1.22 bits per heavy atom. The lowest BCUT2D eigenvalue weighted by Gasteiger charge is -2.31. The van der Waals surface area contributed by atoms with Gasteiger partial charge < -0.3 is 9.64 Å². The average molecular weight is 343 g/mol. The van der Waals surface area contributed by atoms with E-state index < -0.39 is 11.7 Å². The van der Waals surface area contributed by atoms with Crippen LogP contribution in [0.1, 0.15) is 16.7 Å². The van der Waals surface area contributed by atoms with Gasteiger partial charge in [-0.3, -0.25) is 0 Å². The van der Waals surface area contributed by atoms with Crippen LogP contribution >= 0.6 is 11.6 Å². The molecule has 0 radical (unpaired) electrons. The first kappa shape index (κ1) is 15.9. The number of nitrogens with zero attached hydrogens (tertiary/aromatic N) is 2. The first-order chi connectivity index (χ1) is 10.9. The van der Waals surface area contributed by atoms with Crippen LogP contribution in [0.3, 0.4) is 0 Å². The molecule has 0 unspecified atom stereocenters. The Bertz CT molecular complexity index is 734. The zero-order valence-electron chi connectivity index (χ0n) is 12.3. The number of anilines is 1. The zero-order chi connectivity index (χ0) is 16.6. The molecule has 0 bridgehead atoms. The second-order valence-corrected chi connectivity index (χ2v) is 5.74. The number of fused-ring (bicyclic) bond motifs is 1. The lowest BCUT2D eigenvalue weighted by atomic mass is 10.0. The van der Waals surface area contributed by atoms with Crippen molar-refractivity contribution in [3.8, 4) is 5.88 Å². The first-order valence-electron chi connectivity index (χ1n) is 7.02. The molecule has 1 aliphatic rings. The number of ether oxygens (including phenoxy) is 1. The number of hydrogen-bond acceptors (Lipinski definition) is 3. The summed E-state index contributed by atoms with van der Waals surface area (Å²) in [6.07, 6.45) is -1.89. The van der Waals surface area contributed by atoms with Crippen molar-refractivity contribution in [2.24, 2.45) is 0 Å². The Hall–Kier alpha value is -1.95. The van der Waals surface area contributed by atoms with Crippen LogP contribution in [0.15, 0.2) is 30.5 Å². The first-order valence-corrected chi connectivity index (χ1v) is 7.40. The van der Waals surface area contributed by atoms with Crippen molar-refractivity contribution in [3.05, 3.63) is 52.2 Å². The van der Waals surface area contributed by atoms with Crippen LogP contribution in [-0.4, -0.2) is 18.6 Å². The molecule has 0 aliphatic carbocycles. The van der Waals surface area contributed by atoms with Gasteiger partial charge in [0.25, 0.3) is 0 Å². The van der Waals surface area contributed by atoms with Gasteiger partial charge in [0.2, 0.25) is 5.88 Å². The number of methoxy groups -OCH3 is 1. The quantitative estimate of drug-likeness (QED) is 0.812. The second kappa shape index (κ2) is 5.92. The van der Waals surface area contributed by atoms with E-state index in [9.17, 15) is 13.2 Å². The standard InChI is InChI=1S/C16H14ClF3N2O/c1-23-15-6-11-9-22(5-4-10(11)8-21-15)12-2-3-13(14(17)7-12)16(18,19)20/h2-3,6-8H,4-5,9H2,1H3. The molecule has 3 rings (SSSR count). The van der Waals surface area contributed by atoms with Gasteiger partial charge in [-0.15, -0.1) is 0 Å². The smallest absolute Gasteiger partial charge is 0.417 e. The van der Waals surface area contributed by atoms with Gasteiger partial charge in [0, 0.05) is 31.0 Å². The molecule has 0 amide bonds. The molecule has 122 valence electrons. The summed E-state index contributed by atoms with van der Waals surface area (Å²) in [5.41, 5.74) is 2.04.